The van der Waals surface area contributed by atoms with Gasteiger partial charge in [0.05, 0.1) is 0 Å². The Kier molecular flexibility index (Phi) is 5.43. The minimum Gasteiger partial charge on any atom is -0.329 e. The molecule has 0 saturated carbocycles. The molecule has 1 unspecified atom stereocenters. The average molecular weight is 221 g/mol. The van der Waals surface area contributed by atoms with Gasteiger partial charge in [-0.15, -0.1) is 0 Å². The van der Waals surface area contributed by atoms with Crippen molar-refractivity contribution in [3.8, 4) is 0 Å². The fourth-order valence-electron chi connectivity index (χ4n) is 2.23. The third kappa shape index (κ3) is 3.03. The van der Waals surface area contributed by atoms with Crippen LogP contribution in [0.3, 0.4) is 0 Å². The van der Waals surface area contributed by atoms with Gasteiger partial charge in [0.15, 0.2) is 0 Å². The standard InChI is InChI=1S/C13H23N3/c1-4-12(5-2)16(3)13(9-14)11-7-6-8-15-10-11/h6-8,10,12-13H,4-5,9,14H2,1-3H3. The summed E-state index contributed by atoms with van der Waals surface area (Å²) in [6, 6.07) is 4.94. The van der Waals surface area contributed by atoms with Crippen molar-refractivity contribution in [3.63, 3.8) is 0 Å². The van der Waals surface area contributed by atoms with Gasteiger partial charge in [-0.25, -0.2) is 0 Å². The molecule has 0 aliphatic carbocycles. The summed E-state index contributed by atoms with van der Waals surface area (Å²) in [5.74, 6) is 0. The predicted molar refractivity (Wildman–Crippen MR) is 68.2 cm³/mol. The summed E-state index contributed by atoms with van der Waals surface area (Å²) in [5.41, 5.74) is 7.09. The van der Waals surface area contributed by atoms with Gasteiger partial charge in [-0.3, -0.25) is 9.88 Å². The van der Waals surface area contributed by atoms with E-state index in [2.05, 4.69) is 36.8 Å². The number of rotatable bonds is 6. The molecule has 0 aliphatic heterocycles. The monoisotopic (exact) mass is 221 g/mol. The lowest BCUT2D eigenvalue weighted by Crippen LogP contribution is -2.38. The maximum atomic E-state index is 5.88. The third-order valence-electron chi connectivity index (χ3n) is 3.30. The summed E-state index contributed by atoms with van der Waals surface area (Å²) in [5, 5.41) is 0. The van der Waals surface area contributed by atoms with E-state index >= 15 is 0 Å². The predicted octanol–water partition coefficient (Wildman–Crippen LogP) is 2.20. The quantitative estimate of drug-likeness (QED) is 0.800. The highest BCUT2D eigenvalue weighted by molar-refractivity contribution is 5.14. The van der Waals surface area contributed by atoms with E-state index in [4.69, 9.17) is 5.73 Å². The van der Waals surface area contributed by atoms with Gasteiger partial charge in [-0.2, -0.15) is 0 Å². The van der Waals surface area contributed by atoms with Crippen molar-refractivity contribution in [1.29, 1.82) is 0 Å². The first-order valence-electron chi connectivity index (χ1n) is 6.06. The molecule has 1 atom stereocenters. The van der Waals surface area contributed by atoms with Crippen molar-refractivity contribution in [1.82, 2.24) is 9.88 Å². The van der Waals surface area contributed by atoms with Gasteiger partial charge in [0, 0.05) is 31.0 Å². The largest absolute Gasteiger partial charge is 0.329 e. The molecule has 1 heterocycles. The molecule has 1 aromatic heterocycles. The molecule has 0 amide bonds. The summed E-state index contributed by atoms with van der Waals surface area (Å²) in [4.78, 5) is 6.54. The average Bonchev–Trinajstić information content (AvgIpc) is 2.33. The van der Waals surface area contributed by atoms with Crippen LogP contribution in [0.2, 0.25) is 0 Å². The minimum absolute atomic E-state index is 0.276. The van der Waals surface area contributed by atoms with Crippen molar-refractivity contribution >= 4 is 0 Å². The molecule has 2 N–H and O–H groups in total. The van der Waals surface area contributed by atoms with Crippen LogP contribution in [0.15, 0.2) is 24.5 Å². The normalized spacial score (nSPS) is 13.4. The van der Waals surface area contributed by atoms with Gasteiger partial charge in [0.25, 0.3) is 0 Å². The molecular weight excluding hydrogens is 198 g/mol. The van der Waals surface area contributed by atoms with E-state index in [9.17, 15) is 0 Å². The van der Waals surface area contributed by atoms with E-state index in [1.807, 2.05) is 12.3 Å². The van der Waals surface area contributed by atoms with E-state index < -0.39 is 0 Å². The molecule has 0 spiro atoms. The molecule has 0 aromatic carbocycles. The summed E-state index contributed by atoms with van der Waals surface area (Å²) in [6.45, 7) is 5.08. The third-order valence-corrected chi connectivity index (χ3v) is 3.30. The van der Waals surface area contributed by atoms with Gasteiger partial charge in [0.1, 0.15) is 0 Å². The van der Waals surface area contributed by atoms with Crippen LogP contribution in [0.25, 0.3) is 0 Å². The minimum atomic E-state index is 0.276. The van der Waals surface area contributed by atoms with Crippen molar-refractivity contribution < 1.29 is 0 Å². The lowest BCUT2D eigenvalue weighted by Gasteiger charge is -2.33. The molecule has 0 fully saturated rings. The first kappa shape index (κ1) is 13.1. The number of likely N-dealkylation sites (N-methyl/N-ethyl adjacent to an activating group) is 1. The van der Waals surface area contributed by atoms with Crippen molar-refractivity contribution in [3.05, 3.63) is 30.1 Å². The number of hydrogen-bond donors (Lipinski definition) is 1. The fourth-order valence-corrected chi connectivity index (χ4v) is 2.23. The lowest BCUT2D eigenvalue weighted by molar-refractivity contribution is 0.167. The van der Waals surface area contributed by atoms with Crippen LogP contribution < -0.4 is 5.73 Å². The van der Waals surface area contributed by atoms with Gasteiger partial charge >= 0.3 is 0 Å². The maximum Gasteiger partial charge on any atom is 0.0485 e. The summed E-state index contributed by atoms with van der Waals surface area (Å²) in [6.07, 6.45) is 6.03. The number of pyridine rings is 1. The van der Waals surface area contributed by atoms with E-state index in [1.165, 1.54) is 5.56 Å². The Balaban J connectivity index is 2.82. The Morgan fingerprint density at radius 2 is 2.06 bits per heavy atom. The van der Waals surface area contributed by atoms with Crippen LogP contribution in [0.4, 0.5) is 0 Å². The van der Waals surface area contributed by atoms with Crippen molar-refractivity contribution in [2.24, 2.45) is 5.73 Å². The van der Waals surface area contributed by atoms with E-state index in [0.717, 1.165) is 12.8 Å². The molecule has 90 valence electrons. The second kappa shape index (κ2) is 6.61. The Morgan fingerprint density at radius 3 is 2.50 bits per heavy atom. The van der Waals surface area contributed by atoms with Crippen molar-refractivity contribution in [2.45, 2.75) is 38.8 Å². The molecule has 0 aliphatic rings. The molecule has 0 saturated heterocycles. The second-order valence-corrected chi connectivity index (χ2v) is 4.17. The molecule has 3 heteroatoms. The Morgan fingerprint density at radius 1 is 1.38 bits per heavy atom. The number of nitrogens with two attached hydrogens (primary N) is 1. The first-order valence-corrected chi connectivity index (χ1v) is 6.06. The number of nitrogens with zero attached hydrogens (tertiary/aromatic N) is 2. The second-order valence-electron chi connectivity index (χ2n) is 4.17. The van der Waals surface area contributed by atoms with Crippen LogP contribution in [-0.4, -0.2) is 29.5 Å². The van der Waals surface area contributed by atoms with Crippen LogP contribution in [0, 0.1) is 0 Å². The van der Waals surface area contributed by atoms with E-state index in [-0.39, 0.29) is 6.04 Å². The molecule has 0 radical (unpaired) electrons. The molecule has 16 heavy (non-hydrogen) atoms. The summed E-state index contributed by atoms with van der Waals surface area (Å²) < 4.78 is 0. The van der Waals surface area contributed by atoms with Crippen molar-refractivity contribution in [2.75, 3.05) is 13.6 Å². The van der Waals surface area contributed by atoms with Crippen LogP contribution in [0.5, 0.6) is 0 Å². The van der Waals surface area contributed by atoms with Crippen LogP contribution in [0.1, 0.15) is 38.3 Å². The smallest absolute Gasteiger partial charge is 0.0485 e. The lowest BCUT2D eigenvalue weighted by atomic mass is 10.0. The number of hydrogen-bond acceptors (Lipinski definition) is 3. The van der Waals surface area contributed by atoms with E-state index in [1.54, 1.807) is 6.20 Å². The van der Waals surface area contributed by atoms with Gasteiger partial charge < -0.3 is 5.73 Å². The van der Waals surface area contributed by atoms with Gasteiger partial charge in [0.2, 0.25) is 0 Å². The zero-order chi connectivity index (χ0) is 12.0. The Labute approximate surface area is 98.7 Å². The molecule has 1 aromatic rings. The maximum absolute atomic E-state index is 5.88. The zero-order valence-corrected chi connectivity index (χ0v) is 10.6. The summed E-state index contributed by atoms with van der Waals surface area (Å²) >= 11 is 0. The first-order chi connectivity index (χ1) is 7.74. The highest BCUT2D eigenvalue weighted by Gasteiger charge is 2.20. The topological polar surface area (TPSA) is 42.1 Å². The van der Waals surface area contributed by atoms with Gasteiger partial charge in [-0.1, -0.05) is 19.9 Å². The van der Waals surface area contributed by atoms with Crippen LogP contribution in [-0.2, 0) is 0 Å². The van der Waals surface area contributed by atoms with Crippen LogP contribution >= 0.6 is 0 Å². The zero-order valence-electron chi connectivity index (χ0n) is 10.6. The fraction of sp³-hybridized carbons (Fsp3) is 0.615. The molecule has 3 nitrogen and oxygen atoms in total. The van der Waals surface area contributed by atoms with E-state index in [0.29, 0.717) is 12.6 Å². The SMILES string of the molecule is CCC(CC)N(C)C(CN)c1cccnc1. The summed E-state index contributed by atoms with van der Waals surface area (Å²) in [7, 11) is 2.15. The molecule has 0 bridgehead atoms. The number of aromatic nitrogens is 1. The highest BCUT2D eigenvalue weighted by atomic mass is 15.2. The molecule has 1 rings (SSSR count). The molecular formula is C13H23N3. The Hall–Kier alpha value is -0.930. The highest BCUT2D eigenvalue weighted by Crippen LogP contribution is 2.21. The van der Waals surface area contributed by atoms with Gasteiger partial charge in [-0.05, 0) is 31.5 Å². The Bertz CT molecular complexity index is 282.